The molecule has 0 radical (unpaired) electrons. The van der Waals surface area contributed by atoms with E-state index in [0.29, 0.717) is 0 Å². The van der Waals surface area contributed by atoms with Gasteiger partial charge in [-0.3, -0.25) is 13.9 Å². The molecule has 2 aliphatic heterocycles. The van der Waals surface area contributed by atoms with Gasteiger partial charge in [0.15, 0.2) is 9.04 Å². The van der Waals surface area contributed by atoms with Gasteiger partial charge in [-0.2, -0.15) is 8.42 Å². The minimum Gasteiger partial charge on any atom is -0.477 e. The maximum absolute atomic E-state index is 13.0. The average molecular weight is 438 g/mol. The molecule has 1 amide bonds. The SMILES string of the molecule is C[SiH](C)OC(C)([C@H]1C(=O)N2C(C(=O)O)=C(COS(C)(=O)=O)S[C@H]12)C(C)(C)C. The topological polar surface area (TPSA) is 110 Å². The third-order valence-corrected chi connectivity index (χ3v) is 7.81. The quantitative estimate of drug-likeness (QED) is 0.363. The Labute approximate surface area is 166 Å². The van der Waals surface area contributed by atoms with Crippen LogP contribution in [0.15, 0.2) is 10.6 Å². The van der Waals surface area contributed by atoms with Crippen molar-refractivity contribution in [1.82, 2.24) is 4.90 Å². The van der Waals surface area contributed by atoms with Crippen LogP contribution in [0.5, 0.6) is 0 Å². The molecule has 1 saturated heterocycles. The van der Waals surface area contributed by atoms with E-state index in [0.717, 1.165) is 6.26 Å². The van der Waals surface area contributed by atoms with Gasteiger partial charge in [-0.25, -0.2) is 4.79 Å². The van der Waals surface area contributed by atoms with E-state index in [9.17, 15) is 23.1 Å². The van der Waals surface area contributed by atoms with E-state index in [1.165, 1.54) is 16.7 Å². The molecule has 0 spiro atoms. The van der Waals surface area contributed by atoms with Gasteiger partial charge in [0.05, 0.1) is 24.4 Å². The molecule has 1 fully saturated rings. The molecule has 0 saturated carbocycles. The highest BCUT2D eigenvalue weighted by atomic mass is 32.2. The predicted octanol–water partition coefficient (Wildman–Crippen LogP) is 1.59. The first-order valence-corrected chi connectivity index (χ1v) is 14.1. The van der Waals surface area contributed by atoms with Gasteiger partial charge < -0.3 is 9.53 Å². The maximum atomic E-state index is 13.0. The molecule has 3 atom stereocenters. The summed E-state index contributed by atoms with van der Waals surface area (Å²) in [6.07, 6.45) is 0.897. The Balaban J connectivity index is 2.37. The van der Waals surface area contributed by atoms with Crippen LogP contribution < -0.4 is 0 Å². The number of carboxylic acids is 1. The van der Waals surface area contributed by atoms with Gasteiger partial charge in [0.1, 0.15) is 11.1 Å². The van der Waals surface area contributed by atoms with Crippen molar-refractivity contribution in [1.29, 1.82) is 0 Å². The predicted molar refractivity (Wildman–Crippen MR) is 105 cm³/mol. The van der Waals surface area contributed by atoms with Crippen LogP contribution in [0, 0.1) is 11.3 Å². The number of nitrogens with zero attached hydrogens (tertiary/aromatic N) is 1. The number of amides is 1. The van der Waals surface area contributed by atoms with E-state index in [1.807, 2.05) is 40.8 Å². The summed E-state index contributed by atoms with van der Waals surface area (Å²) in [6, 6.07) is 0. The molecule has 27 heavy (non-hydrogen) atoms. The number of fused-ring (bicyclic) bond motifs is 1. The lowest BCUT2D eigenvalue weighted by molar-refractivity contribution is -0.173. The summed E-state index contributed by atoms with van der Waals surface area (Å²) in [6.45, 7) is 11.6. The number of aliphatic carboxylic acids is 1. The van der Waals surface area contributed by atoms with Gasteiger partial charge in [0.2, 0.25) is 5.91 Å². The highest BCUT2D eigenvalue weighted by molar-refractivity contribution is 8.04. The van der Waals surface area contributed by atoms with Crippen LogP contribution in [0.2, 0.25) is 13.1 Å². The number of β-lactam (4-membered cyclic amide) rings is 1. The van der Waals surface area contributed by atoms with Crippen molar-refractivity contribution < 1.29 is 31.7 Å². The number of rotatable bonds is 7. The molecule has 0 aromatic carbocycles. The van der Waals surface area contributed by atoms with Crippen LogP contribution in [0.25, 0.3) is 0 Å². The van der Waals surface area contributed by atoms with Gasteiger partial charge in [-0.15, -0.1) is 0 Å². The van der Waals surface area contributed by atoms with Crippen molar-refractivity contribution in [2.24, 2.45) is 11.3 Å². The molecule has 0 aromatic rings. The molecule has 8 nitrogen and oxygen atoms in total. The van der Waals surface area contributed by atoms with E-state index in [2.05, 4.69) is 0 Å². The average Bonchev–Trinajstić information content (AvgIpc) is 2.77. The minimum absolute atomic E-state index is 0.201. The zero-order valence-electron chi connectivity index (χ0n) is 16.6. The first kappa shape index (κ1) is 22.4. The molecule has 2 aliphatic rings. The lowest BCUT2D eigenvalue weighted by Crippen LogP contribution is -2.69. The Morgan fingerprint density at radius 2 is 1.85 bits per heavy atom. The first-order valence-electron chi connectivity index (χ1n) is 8.58. The van der Waals surface area contributed by atoms with Gasteiger partial charge in [-0.05, 0) is 25.4 Å². The van der Waals surface area contributed by atoms with Gasteiger partial charge >= 0.3 is 5.97 Å². The molecule has 1 N–H and O–H groups in total. The Morgan fingerprint density at radius 3 is 2.26 bits per heavy atom. The second kappa shape index (κ2) is 7.18. The Bertz CT molecular complexity index is 787. The number of carboxylic acid groups (broad SMARTS) is 1. The largest absolute Gasteiger partial charge is 0.477 e. The molecule has 0 aliphatic carbocycles. The minimum atomic E-state index is -3.73. The number of hydrogen-bond donors (Lipinski definition) is 1. The number of hydrogen-bond acceptors (Lipinski definition) is 7. The maximum Gasteiger partial charge on any atom is 0.353 e. The summed E-state index contributed by atoms with van der Waals surface area (Å²) in [4.78, 5) is 26.1. The molecule has 0 aromatic heterocycles. The summed E-state index contributed by atoms with van der Waals surface area (Å²) in [5.74, 6) is -2.12. The fourth-order valence-electron chi connectivity index (χ4n) is 3.36. The van der Waals surface area contributed by atoms with Crippen molar-refractivity contribution in [3.05, 3.63) is 10.6 Å². The van der Waals surface area contributed by atoms with Crippen LogP contribution >= 0.6 is 11.8 Å². The van der Waals surface area contributed by atoms with E-state index < -0.39 is 48.6 Å². The number of carbonyl (C=O) groups is 2. The molecular formula is C16H27NO7S2Si. The van der Waals surface area contributed by atoms with Crippen LogP contribution in [0.3, 0.4) is 0 Å². The van der Waals surface area contributed by atoms with Crippen molar-refractivity contribution >= 4 is 42.8 Å². The highest BCUT2D eigenvalue weighted by Crippen LogP contribution is 2.56. The monoisotopic (exact) mass is 437 g/mol. The summed E-state index contributed by atoms with van der Waals surface area (Å²) in [5.41, 5.74) is -1.32. The molecule has 2 heterocycles. The van der Waals surface area contributed by atoms with E-state index in [4.69, 9.17) is 8.61 Å². The third-order valence-electron chi connectivity index (χ3n) is 4.98. The summed E-state index contributed by atoms with van der Waals surface area (Å²) < 4.78 is 33.7. The fraction of sp³-hybridized carbons (Fsp3) is 0.750. The summed E-state index contributed by atoms with van der Waals surface area (Å²) in [5, 5.41) is 9.11. The zero-order valence-corrected chi connectivity index (χ0v) is 19.4. The van der Waals surface area contributed by atoms with Crippen molar-refractivity contribution in [3.8, 4) is 0 Å². The molecule has 154 valence electrons. The van der Waals surface area contributed by atoms with Crippen LogP contribution in [-0.4, -0.2) is 63.2 Å². The summed E-state index contributed by atoms with van der Waals surface area (Å²) in [7, 11) is -5.23. The fourth-order valence-corrected chi connectivity index (χ4v) is 6.79. The normalized spacial score (nSPS) is 25.5. The number of thioether (sulfide) groups is 1. The third kappa shape index (κ3) is 4.11. The lowest BCUT2D eigenvalue weighted by atomic mass is 9.66. The van der Waals surface area contributed by atoms with Gasteiger partial charge in [0, 0.05) is 4.91 Å². The smallest absolute Gasteiger partial charge is 0.353 e. The highest BCUT2D eigenvalue weighted by Gasteiger charge is 2.65. The van der Waals surface area contributed by atoms with Crippen LogP contribution in [0.1, 0.15) is 27.7 Å². The summed E-state index contributed by atoms with van der Waals surface area (Å²) >= 11 is 1.17. The Kier molecular flexibility index (Phi) is 5.96. The molecular weight excluding hydrogens is 410 g/mol. The van der Waals surface area contributed by atoms with Crippen LogP contribution in [0.4, 0.5) is 0 Å². The van der Waals surface area contributed by atoms with Crippen molar-refractivity contribution in [2.75, 3.05) is 12.9 Å². The lowest BCUT2D eigenvalue weighted by Gasteiger charge is -2.56. The number of carbonyl (C=O) groups excluding carboxylic acids is 1. The first-order chi connectivity index (χ1) is 12.1. The molecule has 2 rings (SSSR count). The van der Waals surface area contributed by atoms with Crippen LogP contribution in [-0.2, 0) is 28.3 Å². The Hall–Kier alpha value is -0.883. The molecule has 1 unspecified atom stereocenters. The van der Waals surface area contributed by atoms with E-state index >= 15 is 0 Å². The second-order valence-electron chi connectivity index (χ2n) is 8.26. The Morgan fingerprint density at radius 1 is 1.30 bits per heavy atom. The van der Waals surface area contributed by atoms with Gasteiger partial charge in [-0.1, -0.05) is 32.5 Å². The zero-order chi connectivity index (χ0) is 20.9. The van der Waals surface area contributed by atoms with Gasteiger partial charge in [0.25, 0.3) is 10.1 Å². The van der Waals surface area contributed by atoms with E-state index in [1.54, 1.807) is 0 Å². The molecule has 0 bridgehead atoms. The van der Waals surface area contributed by atoms with E-state index in [-0.39, 0.29) is 21.9 Å². The van der Waals surface area contributed by atoms with Crippen molar-refractivity contribution in [3.63, 3.8) is 0 Å². The second-order valence-corrected chi connectivity index (χ2v) is 13.4. The standard InChI is InChI=1S/C16H27NO7S2Si/c1-15(2,3)16(4,24-27(6)7)10-12(18)17-11(14(19)20)9(25-13(10)17)8-23-26(5,21)22/h10,13,27H,8H2,1-7H3,(H,19,20)/t10-,13+,16?/m0/s1. The molecule has 11 heteroatoms. The van der Waals surface area contributed by atoms with Crippen molar-refractivity contribution in [2.45, 2.75) is 51.8 Å².